The Balaban J connectivity index is 1.91. The van der Waals surface area contributed by atoms with Gasteiger partial charge in [-0.1, -0.05) is 6.07 Å². The lowest BCUT2D eigenvalue weighted by molar-refractivity contribution is 0.291. The van der Waals surface area contributed by atoms with Crippen molar-refractivity contribution in [1.82, 2.24) is 4.57 Å². The lowest BCUT2D eigenvalue weighted by atomic mass is 10.2. The molecule has 0 spiro atoms. The molecule has 2 aromatic carbocycles. The first-order chi connectivity index (χ1) is 11.1. The maximum absolute atomic E-state index is 9.75. The second-order valence-electron chi connectivity index (χ2n) is 5.81. The standard InChI is InChI=1S/C19H21NO3/c1-13(2)20-15(9-14-7-8-16(21)10-19(14)20)12-23-18-6-4-5-17(11-18)22-3/h4-11,13,21H,12H2,1-3H3. The van der Waals surface area contributed by atoms with Crippen LogP contribution in [-0.2, 0) is 6.61 Å². The van der Waals surface area contributed by atoms with E-state index in [2.05, 4.69) is 24.5 Å². The Bertz CT molecular complexity index is 821. The van der Waals surface area contributed by atoms with Crippen molar-refractivity contribution in [3.8, 4) is 17.2 Å². The minimum atomic E-state index is 0.276. The van der Waals surface area contributed by atoms with Gasteiger partial charge in [0.1, 0.15) is 23.9 Å². The summed E-state index contributed by atoms with van der Waals surface area (Å²) < 4.78 is 13.3. The maximum atomic E-state index is 9.75. The predicted molar refractivity (Wildman–Crippen MR) is 91.3 cm³/mol. The average molecular weight is 311 g/mol. The van der Waals surface area contributed by atoms with Crippen molar-refractivity contribution >= 4 is 10.9 Å². The van der Waals surface area contributed by atoms with Gasteiger partial charge in [-0.15, -0.1) is 0 Å². The van der Waals surface area contributed by atoms with Crippen LogP contribution in [0.3, 0.4) is 0 Å². The molecule has 0 aliphatic carbocycles. The van der Waals surface area contributed by atoms with E-state index >= 15 is 0 Å². The quantitative estimate of drug-likeness (QED) is 0.753. The van der Waals surface area contributed by atoms with Crippen LogP contribution < -0.4 is 9.47 Å². The van der Waals surface area contributed by atoms with Crippen molar-refractivity contribution in [2.24, 2.45) is 0 Å². The molecular formula is C19H21NO3. The highest BCUT2D eigenvalue weighted by Crippen LogP contribution is 2.28. The largest absolute Gasteiger partial charge is 0.508 e. The molecule has 0 unspecified atom stereocenters. The number of rotatable bonds is 5. The van der Waals surface area contributed by atoms with E-state index in [1.807, 2.05) is 30.3 Å². The van der Waals surface area contributed by atoms with Gasteiger partial charge in [0, 0.05) is 23.6 Å². The highest BCUT2D eigenvalue weighted by molar-refractivity contribution is 5.82. The summed E-state index contributed by atoms with van der Waals surface area (Å²) in [7, 11) is 1.64. The summed E-state index contributed by atoms with van der Waals surface area (Å²) in [5.41, 5.74) is 2.09. The highest BCUT2D eigenvalue weighted by atomic mass is 16.5. The van der Waals surface area contributed by atoms with E-state index < -0.39 is 0 Å². The Morgan fingerprint density at radius 1 is 1.04 bits per heavy atom. The van der Waals surface area contributed by atoms with E-state index in [1.165, 1.54) is 0 Å². The molecule has 23 heavy (non-hydrogen) atoms. The van der Waals surface area contributed by atoms with Crippen molar-refractivity contribution in [1.29, 1.82) is 0 Å². The van der Waals surface area contributed by atoms with Gasteiger partial charge in [-0.05, 0) is 44.2 Å². The van der Waals surface area contributed by atoms with E-state index in [0.717, 1.165) is 28.1 Å². The minimum absolute atomic E-state index is 0.276. The van der Waals surface area contributed by atoms with Crippen LogP contribution in [0.2, 0.25) is 0 Å². The van der Waals surface area contributed by atoms with E-state index in [9.17, 15) is 5.11 Å². The molecule has 0 bridgehead atoms. The third kappa shape index (κ3) is 3.11. The van der Waals surface area contributed by atoms with Crippen molar-refractivity contribution in [2.75, 3.05) is 7.11 Å². The van der Waals surface area contributed by atoms with Gasteiger partial charge in [0.15, 0.2) is 0 Å². The Hall–Kier alpha value is -2.62. The number of benzene rings is 2. The molecule has 0 radical (unpaired) electrons. The SMILES string of the molecule is COc1cccc(OCc2cc3ccc(O)cc3n2C(C)C)c1. The Morgan fingerprint density at radius 2 is 1.83 bits per heavy atom. The fourth-order valence-electron chi connectivity index (χ4n) is 2.84. The normalized spacial score (nSPS) is 11.1. The van der Waals surface area contributed by atoms with Gasteiger partial charge in [-0.25, -0.2) is 0 Å². The van der Waals surface area contributed by atoms with Gasteiger partial charge in [0.25, 0.3) is 0 Å². The Labute approximate surface area is 135 Å². The van der Waals surface area contributed by atoms with Gasteiger partial charge in [0.05, 0.1) is 18.3 Å². The molecule has 0 atom stereocenters. The molecule has 3 aromatic rings. The molecule has 120 valence electrons. The molecule has 0 saturated carbocycles. The van der Waals surface area contributed by atoms with Gasteiger partial charge in [-0.2, -0.15) is 0 Å². The monoisotopic (exact) mass is 311 g/mol. The molecule has 0 fully saturated rings. The minimum Gasteiger partial charge on any atom is -0.508 e. The summed E-state index contributed by atoms with van der Waals surface area (Å²) >= 11 is 0. The van der Waals surface area contributed by atoms with Gasteiger partial charge >= 0.3 is 0 Å². The molecule has 1 N–H and O–H groups in total. The van der Waals surface area contributed by atoms with Crippen LogP contribution in [0, 0.1) is 0 Å². The van der Waals surface area contributed by atoms with E-state index in [-0.39, 0.29) is 11.8 Å². The van der Waals surface area contributed by atoms with Gasteiger partial charge in [0.2, 0.25) is 0 Å². The van der Waals surface area contributed by atoms with Crippen LogP contribution in [0.4, 0.5) is 0 Å². The lowest BCUT2D eigenvalue weighted by Gasteiger charge is -2.15. The summed E-state index contributed by atoms with van der Waals surface area (Å²) in [4.78, 5) is 0. The van der Waals surface area contributed by atoms with E-state index in [4.69, 9.17) is 9.47 Å². The second-order valence-corrected chi connectivity index (χ2v) is 5.81. The number of ether oxygens (including phenoxy) is 2. The summed E-state index contributed by atoms with van der Waals surface area (Å²) in [5.74, 6) is 1.82. The van der Waals surface area contributed by atoms with Crippen LogP contribution in [0.1, 0.15) is 25.6 Å². The number of methoxy groups -OCH3 is 1. The molecule has 4 heteroatoms. The first kappa shape index (κ1) is 15.3. The first-order valence-corrected chi connectivity index (χ1v) is 7.68. The molecule has 0 aliphatic heterocycles. The number of hydrogen-bond acceptors (Lipinski definition) is 3. The number of phenols is 1. The zero-order chi connectivity index (χ0) is 16.4. The fourth-order valence-corrected chi connectivity index (χ4v) is 2.84. The van der Waals surface area contributed by atoms with Gasteiger partial charge < -0.3 is 19.1 Å². The molecule has 1 heterocycles. The molecule has 0 amide bonds. The zero-order valence-electron chi connectivity index (χ0n) is 13.6. The summed E-state index contributed by atoms with van der Waals surface area (Å²) in [5, 5.41) is 10.9. The number of aromatic nitrogens is 1. The van der Waals surface area contributed by atoms with Crippen LogP contribution in [0.5, 0.6) is 17.2 Å². The number of nitrogens with zero attached hydrogens (tertiary/aromatic N) is 1. The van der Waals surface area contributed by atoms with Crippen molar-refractivity contribution in [2.45, 2.75) is 26.5 Å². The van der Waals surface area contributed by atoms with E-state index in [0.29, 0.717) is 6.61 Å². The van der Waals surface area contributed by atoms with Gasteiger partial charge in [-0.3, -0.25) is 0 Å². The second kappa shape index (κ2) is 6.24. The van der Waals surface area contributed by atoms with Crippen LogP contribution >= 0.6 is 0 Å². The smallest absolute Gasteiger partial charge is 0.128 e. The number of hydrogen-bond donors (Lipinski definition) is 1. The molecule has 4 nitrogen and oxygen atoms in total. The lowest BCUT2D eigenvalue weighted by Crippen LogP contribution is -2.08. The van der Waals surface area contributed by atoms with Crippen molar-refractivity contribution in [3.05, 3.63) is 54.2 Å². The van der Waals surface area contributed by atoms with Crippen LogP contribution in [-0.4, -0.2) is 16.8 Å². The molecule has 1 aromatic heterocycles. The predicted octanol–water partition coefficient (Wildman–Crippen LogP) is 4.52. The third-order valence-corrected chi connectivity index (χ3v) is 3.85. The summed E-state index contributed by atoms with van der Waals surface area (Å²) in [6, 6.07) is 15.4. The molecule has 0 aliphatic rings. The number of phenolic OH excluding ortho intramolecular Hbond substituents is 1. The summed E-state index contributed by atoms with van der Waals surface area (Å²) in [6.07, 6.45) is 0. The highest BCUT2D eigenvalue weighted by Gasteiger charge is 2.12. The Kier molecular flexibility index (Phi) is 4.15. The molecule has 3 rings (SSSR count). The number of aromatic hydroxyl groups is 1. The topological polar surface area (TPSA) is 43.6 Å². The molecular weight excluding hydrogens is 290 g/mol. The van der Waals surface area contributed by atoms with E-state index in [1.54, 1.807) is 19.2 Å². The molecule has 0 saturated heterocycles. The third-order valence-electron chi connectivity index (χ3n) is 3.85. The van der Waals surface area contributed by atoms with Crippen LogP contribution in [0.15, 0.2) is 48.5 Å². The van der Waals surface area contributed by atoms with Crippen molar-refractivity contribution < 1.29 is 14.6 Å². The number of fused-ring (bicyclic) bond motifs is 1. The first-order valence-electron chi connectivity index (χ1n) is 7.68. The summed E-state index contributed by atoms with van der Waals surface area (Å²) in [6.45, 7) is 4.71. The average Bonchev–Trinajstić information content (AvgIpc) is 2.90. The zero-order valence-corrected chi connectivity index (χ0v) is 13.6. The van der Waals surface area contributed by atoms with Crippen LogP contribution in [0.25, 0.3) is 10.9 Å². The van der Waals surface area contributed by atoms with Crippen molar-refractivity contribution in [3.63, 3.8) is 0 Å². The fraction of sp³-hybridized carbons (Fsp3) is 0.263. The Morgan fingerprint density at radius 3 is 2.57 bits per heavy atom. The maximum Gasteiger partial charge on any atom is 0.128 e.